The van der Waals surface area contributed by atoms with Gasteiger partial charge in [-0.1, -0.05) is 18.2 Å². The van der Waals surface area contributed by atoms with Crippen LogP contribution in [-0.4, -0.2) is 47.5 Å². The van der Waals surface area contributed by atoms with Crippen molar-refractivity contribution in [1.29, 1.82) is 0 Å². The molecule has 3 rings (SSSR count). The molecule has 0 unspecified atom stereocenters. The van der Waals surface area contributed by atoms with Gasteiger partial charge in [0.25, 0.3) is 5.91 Å². The van der Waals surface area contributed by atoms with Crippen LogP contribution in [0.2, 0.25) is 0 Å². The second-order valence-corrected chi connectivity index (χ2v) is 7.47. The van der Waals surface area contributed by atoms with Crippen LogP contribution in [0.1, 0.15) is 21.9 Å². The fraction of sp³-hybridized carbons (Fsp3) is 0.316. The minimum Gasteiger partial charge on any atom is -0.464 e. The number of anilines is 2. The van der Waals surface area contributed by atoms with Crippen molar-refractivity contribution >= 4 is 29.3 Å². The molecule has 0 bridgehead atoms. The number of nitrogens with zero attached hydrogens (tertiary/aromatic N) is 3. The van der Waals surface area contributed by atoms with Crippen LogP contribution in [0.3, 0.4) is 0 Å². The molecule has 0 spiro atoms. The van der Waals surface area contributed by atoms with E-state index in [0.717, 1.165) is 29.6 Å². The third-order valence-corrected chi connectivity index (χ3v) is 4.71. The summed E-state index contributed by atoms with van der Waals surface area (Å²) in [4.78, 5) is 14.3. The van der Waals surface area contributed by atoms with Crippen molar-refractivity contribution in [2.45, 2.75) is 12.3 Å². The number of nitrogens with one attached hydrogen (secondary N) is 2. The Hall–Kier alpha value is -2.78. The van der Waals surface area contributed by atoms with Crippen LogP contribution in [0.25, 0.3) is 0 Å². The summed E-state index contributed by atoms with van der Waals surface area (Å²) < 4.78 is 10.5. The van der Waals surface area contributed by atoms with E-state index in [1.165, 1.54) is 0 Å². The van der Waals surface area contributed by atoms with E-state index >= 15 is 0 Å². The summed E-state index contributed by atoms with van der Waals surface area (Å²) in [6.45, 7) is 1.45. The summed E-state index contributed by atoms with van der Waals surface area (Å²) in [6.07, 6.45) is 0. The Bertz CT molecular complexity index is 879. The molecule has 1 amide bonds. The molecule has 0 atom stereocenters. The van der Waals surface area contributed by atoms with E-state index in [9.17, 15) is 4.79 Å². The number of carbonyl (C=O) groups excluding carboxylic acids is 1. The van der Waals surface area contributed by atoms with E-state index in [1.807, 2.05) is 32.3 Å². The van der Waals surface area contributed by atoms with Crippen molar-refractivity contribution in [2.75, 3.05) is 37.0 Å². The Balaban J connectivity index is 1.40. The Labute approximate surface area is 167 Å². The zero-order valence-electron chi connectivity index (χ0n) is 15.8. The van der Waals surface area contributed by atoms with E-state index in [1.54, 1.807) is 36.0 Å². The van der Waals surface area contributed by atoms with Crippen molar-refractivity contribution in [2.24, 2.45) is 0 Å². The summed E-state index contributed by atoms with van der Waals surface area (Å²) in [5.74, 6) is 3.98. The quantitative estimate of drug-likeness (QED) is 0.500. The van der Waals surface area contributed by atoms with Gasteiger partial charge in [0.05, 0.1) is 12.3 Å². The zero-order valence-corrected chi connectivity index (χ0v) is 16.7. The highest BCUT2D eigenvalue weighted by Gasteiger charge is 2.14. The van der Waals surface area contributed by atoms with Crippen LogP contribution >= 0.6 is 11.8 Å². The van der Waals surface area contributed by atoms with Crippen LogP contribution in [0.4, 0.5) is 11.6 Å². The van der Waals surface area contributed by atoms with Gasteiger partial charge in [-0.15, -0.1) is 0 Å². The second-order valence-electron chi connectivity index (χ2n) is 6.37. The first-order valence-electron chi connectivity index (χ1n) is 8.84. The predicted molar refractivity (Wildman–Crippen MR) is 109 cm³/mol. The monoisotopic (exact) mass is 401 g/mol. The molecule has 148 valence electrons. The van der Waals surface area contributed by atoms with E-state index < -0.39 is 0 Å². The first-order chi connectivity index (χ1) is 13.6. The molecule has 28 heavy (non-hydrogen) atoms. The van der Waals surface area contributed by atoms with Gasteiger partial charge in [0, 0.05) is 17.9 Å². The van der Waals surface area contributed by atoms with Crippen molar-refractivity contribution in [1.82, 2.24) is 15.2 Å². The number of amides is 1. The minimum atomic E-state index is -0.264. The van der Waals surface area contributed by atoms with E-state index in [2.05, 4.69) is 25.8 Å². The molecule has 0 aliphatic heterocycles. The fourth-order valence-electron chi connectivity index (χ4n) is 2.47. The fourth-order valence-corrected chi connectivity index (χ4v) is 3.21. The number of hydrogen-bond donors (Lipinski definition) is 2. The Morgan fingerprint density at radius 3 is 2.61 bits per heavy atom. The molecule has 2 aromatic heterocycles. The maximum atomic E-state index is 12.2. The average molecular weight is 401 g/mol. The summed E-state index contributed by atoms with van der Waals surface area (Å²) >= 11 is 1.74. The molecule has 0 radical (unpaired) electrons. The Morgan fingerprint density at radius 2 is 1.82 bits per heavy atom. The van der Waals surface area contributed by atoms with Gasteiger partial charge in [-0.05, 0) is 48.7 Å². The molecule has 0 aliphatic carbocycles. The zero-order chi connectivity index (χ0) is 19.8. The topological polar surface area (TPSA) is 96.4 Å². The lowest BCUT2D eigenvalue weighted by atomic mass is 10.2. The molecule has 0 fully saturated rings. The molecule has 2 N–H and O–H groups in total. The van der Waals surface area contributed by atoms with E-state index in [0.29, 0.717) is 17.9 Å². The smallest absolute Gasteiger partial charge is 0.257 e. The average Bonchev–Trinajstić information content (AvgIpc) is 3.31. The predicted octanol–water partition coefficient (Wildman–Crippen LogP) is 3.32. The lowest BCUT2D eigenvalue weighted by molar-refractivity contribution is 0.102. The van der Waals surface area contributed by atoms with Crippen molar-refractivity contribution in [3.63, 3.8) is 0 Å². The largest absolute Gasteiger partial charge is 0.464 e. The Kier molecular flexibility index (Phi) is 7.10. The molecule has 0 saturated carbocycles. The maximum absolute atomic E-state index is 12.2. The number of furan rings is 1. The summed E-state index contributed by atoms with van der Waals surface area (Å²) in [7, 11) is 4.02. The van der Waals surface area contributed by atoms with Gasteiger partial charge in [-0.25, -0.2) is 4.63 Å². The molecular weight excluding hydrogens is 378 g/mol. The standard InChI is InChI=1S/C19H23N5O3S/c1-24(2)12-15-8-9-16(26-15)13-28-11-10-20-17-18(23-27-22-17)21-19(25)14-6-4-3-5-7-14/h3-9H,10-13H2,1-2H3,(H,20,22)(H,21,23,25). The van der Waals surface area contributed by atoms with Gasteiger partial charge < -0.3 is 20.0 Å². The third-order valence-electron chi connectivity index (χ3n) is 3.73. The number of aromatic nitrogens is 2. The number of rotatable bonds is 10. The van der Waals surface area contributed by atoms with E-state index in [-0.39, 0.29) is 11.7 Å². The van der Waals surface area contributed by atoms with Gasteiger partial charge in [0.1, 0.15) is 11.5 Å². The van der Waals surface area contributed by atoms with Crippen LogP contribution < -0.4 is 10.6 Å². The first-order valence-corrected chi connectivity index (χ1v) is 10.00. The third kappa shape index (κ3) is 5.86. The van der Waals surface area contributed by atoms with Crippen LogP contribution in [0, 0.1) is 0 Å². The van der Waals surface area contributed by atoms with E-state index in [4.69, 9.17) is 9.05 Å². The highest BCUT2D eigenvalue weighted by atomic mass is 32.2. The van der Waals surface area contributed by atoms with Crippen molar-refractivity contribution in [3.8, 4) is 0 Å². The molecule has 8 nitrogen and oxygen atoms in total. The molecule has 0 aliphatic rings. The number of thioether (sulfide) groups is 1. The van der Waals surface area contributed by atoms with Crippen LogP contribution in [0.15, 0.2) is 51.5 Å². The highest BCUT2D eigenvalue weighted by Crippen LogP contribution is 2.19. The second kappa shape index (κ2) is 9.95. The van der Waals surface area contributed by atoms with Gasteiger partial charge in [-0.3, -0.25) is 4.79 Å². The first kappa shape index (κ1) is 20.0. The van der Waals surface area contributed by atoms with Gasteiger partial charge in [0.2, 0.25) is 11.6 Å². The Morgan fingerprint density at radius 1 is 1.07 bits per heavy atom. The molecule has 2 heterocycles. The van der Waals surface area contributed by atoms with Gasteiger partial charge in [0.15, 0.2) is 0 Å². The minimum absolute atomic E-state index is 0.264. The summed E-state index contributed by atoms with van der Waals surface area (Å²) in [5, 5.41) is 13.4. The molecule has 1 aromatic carbocycles. The molecule has 9 heteroatoms. The number of benzene rings is 1. The normalized spacial score (nSPS) is 11.0. The lowest BCUT2D eigenvalue weighted by Crippen LogP contribution is -2.14. The number of hydrogen-bond acceptors (Lipinski definition) is 8. The van der Waals surface area contributed by atoms with Crippen molar-refractivity contribution in [3.05, 3.63) is 59.5 Å². The summed E-state index contributed by atoms with van der Waals surface area (Å²) in [5.41, 5.74) is 0.541. The molecule has 0 saturated heterocycles. The number of carbonyl (C=O) groups is 1. The van der Waals surface area contributed by atoms with Crippen LogP contribution in [-0.2, 0) is 12.3 Å². The van der Waals surface area contributed by atoms with Gasteiger partial charge >= 0.3 is 0 Å². The lowest BCUT2D eigenvalue weighted by Gasteiger charge is -2.06. The molecule has 3 aromatic rings. The maximum Gasteiger partial charge on any atom is 0.257 e. The van der Waals surface area contributed by atoms with Crippen LogP contribution in [0.5, 0.6) is 0 Å². The highest BCUT2D eigenvalue weighted by molar-refractivity contribution is 7.98. The summed E-state index contributed by atoms with van der Waals surface area (Å²) in [6, 6.07) is 12.9. The van der Waals surface area contributed by atoms with Gasteiger partial charge in [-0.2, -0.15) is 11.8 Å². The SMILES string of the molecule is CN(C)Cc1ccc(CSCCNc2nonc2NC(=O)c2ccccc2)o1. The molecular formula is C19H23N5O3S. The van der Waals surface area contributed by atoms with Crippen molar-refractivity contribution < 1.29 is 13.8 Å².